The predicted molar refractivity (Wildman–Crippen MR) is 93.7 cm³/mol. The summed E-state index contributed by atoms with van der Waals surface area (Å²) in [5.74, 6) is -0.487. The summed E-state index contributed by atoms with van der Waals surface area (Å²) in [7, 11) is 0. The van der Waals surface area contributed by atoms with Gasteiger partial charge >= 0.3 is 0 Å². The number of hydrazine groups is 1. The molecule has 2 amide bonds. The molecule has 24 heavy (non-hydrogen) atoms. The zero-order valence-corrected chi connectivity index (χ0v) is 14.0. The first-order valence-corrected chi connectivity index (χ1v) is 7.70. The topological polar surface area (TPSA) is 67.4 Å². The number of hydrogen-bond donors (Lipinski definition) is 2. The van der Waals surface area contributed by atoms with Crippen LogP contribution in [0.2, 0.25) is 10.0 Å². The van der Waals surface area contributed by atoms with Gasteiger partial charge in [0.15, 0.2) is 6.61 Å². The van der Waals surface area contributed by atoms with E-state index in [0.717, 1.165) is 0 Å². The fourth-order valence-corrected chi connectivity index (χ4v) is 1.99. The van der Waals surface area contributed by atoms with E-state index < -0.39 is 11.8 Å². The van der Waals surface area contributed by atoms with Crippen molar-refractivity contribution in [1.82, 2.24) is 10.9 Å². The molecule has 0 saturated heterocycles. The number of halogens is 2. The average molecular weight is 365 g/mol. The van der Waals surface area contributed by atoms with Crippen molar-refractivity contribution >= 4 is 41.1 Å². The summed E-state index contributed by atoms with van der Waals surface area (Å²) < 4.78 is 5.24. The Hall–Kier alpha value is -2.50. The molecule has 0 aliphatic carbocycles. The summed E-state index contributed by atoms with van der Waals surface area (Å²) >= 11 is 11.7. The molecule has 7 heteroatoms. The van der Waals surface area contributed by atoms with E-state index >= 15 is 0 Å². The maximum atomic E-state index is 11.6. The third kappa shape index (κ3) is 5.95. The summed E-state index contributed by atoms with van der Waals surface area (Å²) in [6.45, 7) is -0.240. The standard InChI is InChI=1S/C17H14Cl2N2O3/c18-13-6-8-14(9-7-13)24-11-17(23)21-20-16(22)10-5-12-3-1-2-4-15(12)19/h1-10H,11H2,(H,20,22)(H,21,23). The van der Waals surface area contributed by atoms with Gasteiger partial charge in [-0.15, -0.1) is 0 Å². The van der Waals surface area contributed by atoms with Gasteiger partial charge < -0.3 is 4.74 Å². The Balaban J connectivity index is 1.74. The fourth-order valence-electron chi connectivity index (χ4n) is 1.66. The van der Waals surface area contributed by atoms with Crippen molar-refractivity contribution in [3.8, 4) is 5.75 Å². The molecule has 2 rings (SSSR count). The predicted octanol–water partition coefficient (Wildman–Crippen LogP) is 3.23. The van der Waals surface area contributed by atoms with Crippen LogP contribution in [0.4, 0.5) is 0 Å². The molecule has 0 atom stereocenters. The molecule has 0 aliphatic rings. The van der Waals surface area contributed by atoms with Gasteiger partial charge in [-0.05, 0) is 42.0 Å². The molecule has 0 fully saturated rings. The molecule has 0 aromatic heterocycles. The van der Waals surface area contributed by atoms with Crippen LogP contribution in [0.25, 0.3) is 6.08 Å². The number of hydrogen-bond acceptors (Lipinski definition) is 3. The Morgan fingerprint density at radius 1 is 1.00 bits per heavy atom. The SMILES string of the molecule is O=C(C=Cc1ccccc1Cl)NNC(=O)COc1ccc(Cl)cc1. The quantitative estimate of drug-likeness (QED) is 0.632. The van der Waals surface area contributed by atoms with E-state index in [-0.39, 0.29) is 6.61 Å². The second kappa shape index (κ2) is 8.96. The molecule has 0 aliphatic heterocycles. The molecule has 0 spiro atoms. The van der Waals surface area contributed by atoms with Gasteiger partial charge in [0, 0.05) is 16.1 Å². The molecule has 0 unspecified atom stereocenters. The molecule has 2 aromatic carbocycles. The van der Waals surface area contributed by atoms with Crippen molar-refractivity contribution in [2.24, 2.45) is 0 Å². The molecule has 2 aromatic rings. The fraction of sp³-hybridized carbons (Fsp3) is 0.0588. The lowest BCUT2D eigenvalue weighted by molar-refractivity contribution is -0.128. The minimum atomic E-state index is -0.496. The highest BCUT2D eigenvalue weighted by atomic mass is 35.5. The maximum absolute atomic E-state index is 11.6. The summed E-state index contributed by atoms with van der Waals surface area (Å²) in [4.78, 5) is 23.2. The number of ether oxygens (including phenoxy) is 1. The summed E-state index contributed by atoms with van der Waals surface area (Å²) in [6, 6.07) is 13.7. The van der Waals surface area contributed by atoms with Crippen LogP contribution in [-0.4, -0.2) is 18.4 Å². The van der Waals surface area contributed by atoms with Crippen molar-refractivity contribution < 1.29 is 14.3 Å². The van der Waals surface area contributed by atoms with Crippen molar-refractivity contribution in [2.75, 3.05) is 6.61 Å². The Morgan fingerprint density at radius 3 is 2.42 bits per heavy atom. The van der Waals surface area contributed by atoms with Gasteiger partial charge in [0.25, 0.3) is 11.8 Å². The smallest absolute Gasteiger partial charge is 0.276 e. The Morgan fingerprint density at radius 2 is 1.71 bits per heavy atom. The molecule has 0 bridgehead atoms. The minimum absolute atomic E-state index is 0.240. The molecular formula is C17H14Cl2N2O3. The maximum Gasteiger partial charge on any atom is 0.276 e. The van der Waals surface area contributed by atoms with E-state index in [0.29, 0.717) is 21.4 Å². The summed E-state index contributed by atoms with van der Waals surface area (Å²) in [5, 5.41) is 1.10. The van der Waals surface area contributed by atoms with Crippen molar-refractivity contribution in [3.05, 3.63) is 70.2 Å². The van der Waals surface area contributed by atoms with Crippen LogP contribution >= 0.6 is 23.2 Å². The second-order valence-corrected chi connectivity index (χ2v) is 5.48. The van der Waals surface area contributed by atoms with Crippen LogP contribution in [0.5, 0.6) is 5.75 Å². The number of amides is 2. The average Bonchev–Trinajstić information content (AvgIpc) is 2.58. The third-order valence-corrected chi connectivity index (χ3v) is 3.42. The van der Waals surface area contributed by atoms with Crippen LogP contribution in [0, 0.1) is 0 Å². The first-order valence-electron chi connectivity index (χ1n) is 6.94. The lowest BCUT2D eigenvalue weighted by Gasteiger charge is -2.07. The number of nitrogens with one attached hydrogen (secondary N) is 2. The number of rotatable bonds is 5. The Labute approximate surface area is 149 Å². The van der Waals surface area contributed by atoms with E-state index in [1.165, 1.54) is 6.08 Å². The Bertz CT molecular complexity index is 746. The zero-order valence-electron chi connectivity index (χ0n) is 12.5. The zero-order chi connectivity index (χ0) is 17.4. The van der Waals surface area contributed by atoms with E-state index in [1.807, 2.05) is 0 Å². The molecule has 124 valence electrons. The second-order valence-electron chi connectivity index (χ2n) is 4.63. The molecule has 2 N–H and O–H groups in total. The lowest BCUT2D eigenvalue weighted by Crippen LogP contribution is -2.43. The van der Waals surface area contributed by atoms with Gasteiger partial charge in [0.05, 0.1) is 0 Å². The van der Waals surface area contributed by atoms with Crippen molar-refractivity contribution in [2.45, 2.75) is 0 Å². The molecule has 0 saturated carbocycles. The van der Waals surface area contributed by atoms with Crippen LogP contribution in [0.1, 0.15) is 5.56 Å². The normalized spacial score (nSPS) is 10.4. The van der Waals surface area contributed by atoms with E-state index in [4.69, 9.17) is 27.9 Å². The third-order valence-electron chi connectivity index (χ3n) is 2.83. The Kier molecular flexibility index (Phi) is 6.66. The summed E-state index contributed by atoms with van der Waals surface area (Å²) in [6.07, 6.45) is 2.82. The van der Waals surface area contributed by atoms with Crippen LogP contribution in [-0.2, 0) is 9.59 Å². The van der Waals surface area contributed by atoms with Gasteiger partial charge in [-0.1, -0.05) is 41.4 Å². The first kappa shape index (κ1) is 17.8. The van der Waals surface area contributed by atoms with Gasteiger partial charge in [-0.25, -0.2) is 0 Å². The molecule has 0 heterocycles. The van der Waals surface area contributed by atoms with Gasteiger partial charge in [0.2, 0.25) is 0 Å². The van der Waals surface area contributed by atoms with Gasteiger partial charge in [-0.3, -0.25) is 20.4 Å². The van der Waals surface area contributed by atoms with E-state index in [9.17, 15) is 9.59 Å². The highest BCUT2D eigenvalue weighted by Crippen LogP contribution is 2.16. The summed E-state index contributed by atoms with van der Waals surface area (Å²) in [5.41, 5.74) is 5.19. The van der Waals surface area contributed by atoms with Crippen LogP contribution < -0.4 is 15.6 Å². The lowest BCUT2D eigenvalue weighted by atomic mass is 10.2. The van der Waals surface area contributed by atoms with Crippen LogP contribution in [0.15, 0.2) is 54.6 Å². The molecule has 5 nitrogen and oxygen atoms in total. The van der Waals surface area contributed by atoms with E-state index in [2.05, 4.69) is 10.9 Å². The number of benzene rings is 2. The molecule has 0 radical (unpaired) electrons. The first-order chi connectivity index (χ1) is 11.5. The largest absolute Gasteiger partial charge is 0.484 e. The van der Waals surface area contributed by atoms with Crippen molar-refractivity contribution in [3.63, 3.8) is 0 Å². The van der Waals surface area contributed by atoms with Crippen molar-refractivity contribution in [1.29, 1.82) is 0 Å². The minimum Gasteiger partial charge on any atom is -0.484 e. The highest BCUT2D eigenvalue weighted by Gasteiger charge is 2.04. The van der Waals surface area contributed by atoms with Gasteiger partial charge in [-0.2, -0.15) is 0 Å². The number of carbonyl (C=O) groups is 2. The monoisotopic (exact) mass is 364 g/mol. The molecular weight excluding hydrogens is 351 g/mol. The highest BCUT2D eigenvalue weighted by molar-refractivity contribution is 6.32. The van der Waals surface area contributed by atoms with Gasteiger partial charge in [0.1, 0.15) is 5.75 Å². The van der Waals surface area contributed by atoms with E-state index in [1.54, 1.807) is 54.6 Å². The number of carbonyl (C=O) groups excluding carboxylic acids is 2. The van der Waals surface area contributed by atoms with Crippen LogP contribution in [0.3, 0.4) is 0 Å².